The summed E-state index contributed by atoms with van der Waals surface area (Å²) in [6.07, 6.45) is 2.40. The van der Waals surface area contributed by atoms with Gasteiger partial charge < -0.3 is 14.8 Å². The Morgan fingerprint density at radius 1 is 1.07 bits per heavy atom. The molecule has 0 bridgehead atoms. The summed E-state index contributed by atoms with van der Waals surface area (Å²) in [5, 5.41) is 2.94. The first-order valence-electron chi connectivity index (χ1n) is 9.82. The predicted molar refractivity (Wildman–Crippen MR) is 119 cm³/mol. The molecule has 8 heteroatoms. The topological polar surface area (TPSA) is 84.9 Å². The van der Waals surface area contributed by atoms with Crippen LogP contribution in [0, 0.1) is 0 Å². The standard InChI is InChI=1S/C22H30N2O5S/c1-6-16-10-8-9-11-19(16)24(30(5,26)27)15-22(25)23-18(7-2)17-12-13-20(28-3)21(14-17)29-4/h8-14,18H,6-7,15H2,1-5H3,(H,23,25)/t18-/m1/s1. The van der Waals surface area contributed by atoms with Crippen LogP contribution in [0.4, 0.5) is 5.69 Å². The van der Waals surface area contributed by atoms with E-state index in [1.165, 1.54) is 0 Å². The number of sulfonamides is 1. The molecule has 0 aliphatic rings. The van der Waals surface area contributed by atoms with E-state index in [1.54, 1.807) is 32.4 Å². The van der Waals surface area contributed by atoms with Crippen LogP contribution in [0.25, 0.3) is 0 Å². The van der Waals surface area contributed by atoms with Crippen LogP contribution in [-0.4, -0.2) is 41.3 Å². The molecule has 0 radical (unpaired) electrons. The zero-order valence-corrected chi connectivity index (χ0v) is 19.0. The van der Waals surface area contributed by atoms with Crippen molar-refractivity contribution >= 4 is 21.6 Å². The van der Waals surface area contributed by atoms with Gasteiger partial charge in [-0.2, -0.15) is 0 Å². The number of para-hydroxylation sites is 1. The Balaban J connectivity index is 2.26. The van der Waals surface area contributed by atoms with E-state index in [9.17, 15) is 13.2 Å². The number of carbonyl (C=O) groups excluding carboxylic acids is 1. The molecule has 2 aromatic carbocycles. The number of benzene rings is 2. The van der Waals surface area contributed by atoms with E-state index < -0.39 is 10.0 Å². The van der Waals surface area contributed by atoms with Gasteiger partial charge in [-0.1, -0.05) is 38.1 Å². The number of amides is 1. The Bertz CT molecular complexity index is 975. The quantitative estimate of drug-likeness (QED) is 0.620. The van der Waals surface area contributed by atoms with Crippen LogP contribution in [-0.2, 0) is 21.2 Å². The SMILES string of the molecule is CCc1ccccc1N(CC(=O)N[C@H](CC)c1ccc(OC)c(OC)c1)S(C)(=O)=O. The lowest BCUT2D eigenvalue weighted by atomic mass is 10.0. The van der Waals surface area contributed by atoms with Crippen LogP contribution < -0.4 is 19.1 Å². The number of anilines is 1. The largest absolute Gasteiger partial charge is 0.493 e. The second kappa shape index (κ2) is 10.3. The maximum absolute atomic E-state index is 12.8. The third-order valence-electron chi connectivity index (χ3n) is 4.88. The maximum atomic E-state index is 12.8. The fourth-order valence-corrected chi connectivity index (χ4v) is 4.18. The highest BCUT2D eigenvalue weighted by Gasteiger charge is 2.24. The molecule has 0 saturated heterocycles. The molecule has 7 nitrogen and oxygen atoms in total. The van der Waals surface area contributed by atoms with E-state index >= 15 is 0 Å². The molecule has 0 aromatic heterocycles. The Morgan fingerprint density at radius 2 is 1.73 bits per heavy atom. The molecule has 2 aromatic rings. The van der Waals surface area contributed by atoms with Gasteiger partial charge in [-0.15, -0.1) is 0 Å². The van der Waals surface area contributed by atoms with Crippen molar-refractivity contribution in [3.05, 3.63) is 53.6 Å². The van der Waals surface area contributed by atoms with E-state index in [4.69, 9.17) is 9.47 Å². The molecule has 0 aliphatic carbocycles. The lowest BCUT2D eigenvalue weighted by molar-refractivity contribution is -0.120. The number of rotatable bonds is 10. The maximum Gasteiger partial charge on any atom is 0.241 e. The molecular formula is C22H30N2O5S. The third kappa shape index (κ3) is 5.66. The predicted octanol–water partition coefficient (Wildman–Crippen LogP) is 3.30. The Hall–Kier alpha value is -2.74. The first kappa shape index (κ1) is 23.5. The Morgan fingerprint density at radius 3 is 2.30 bits per heavy atom. The molecule has 1 atom stereocenters. The fourth-order valence-electron chi connectivity index (χ4n) is 3.30. The molecule has 0 spiro atoms. The molecule has 1 amide bonds. The minimum absolute atomic E-state index is 0.292. The minimum Gasteiger partial charge on any atom is -0.493 e. The number of hydrogen-bond acceptors (Lipinski definition) is 5. The van der Waals surface area contributed by atoms with Gasteiger partial charge in [-0.3, -0.25) is 9.10 Å². The van der Waals surface area contributed by atoms with Crippen molar-refractivity contribution in [1.29, 1.82) is 0 Å². The van der Waals surface area contributed by atoms with E-state index in [-0.39, 0.29) is 18.5 Å². The summed E-state index contributed by atoms with van der Waals surface area (Å²) in [6.45, 7) is 3.60. The van der Waals surface area contributed by atoms with Crippen molar-refractivity contribution in [2.24, 2.45) is 0 Å². The summed E-state index contributed by atoms with van der Waals surface area (Å²) >= 11 is 0. The number of methoxy groups -OCH3 is 2. The Kier molecular flexibility index (Phi) is 8.11. The number of hydrogen-bond donors (Lipinski definition) is 1. The van der Waals surface area contributed by atoms with Gasteiger partial charge in [-0.25, -0.2) is 8.42 Å². The van der Waals surface area contributed by atoms with Gasteiger partial charge in [0, 0.05) is 0 Å². The molecule has 30 heavy (non-hydrogen) atoms. The highest BCUT2D eigenvalue weighted by Crippen LogP contribution is 2.31. The van der Waals surface area contributed by atoms with Crippen molar-refractivity contribution < 1.29 is 22.7 Å². The van der Waals surface area contributed by atoms with Crippen molar-refractivity contribution in [3.63, 3.8) is 0 Å². The first-order valence-corrected chi connectivity index (χ1v) is 11.7. The number of carbonyl (C=O) groups is 1. The number of nitrogens with zero attached hydrogens (tertiary/aromatic N) is 1. The summed E-state index contributed by atoms with van der Waals surface area (Å²) < 4.78 is 36.6. The van der Waals surface area contributed by atoms with Gasteiger partial charge in [0.25, 0.3) is 0 Å². The molecule has 1 N–H and O–H groups in total. The average molecular weight is 435 g/mol. The molecule has 164 valence electrons. The summed E-state index contributed by atoms with van der Waals surface area (Å²) in [6, 6.07) is 12.4. The lowest BCUT2D eigenvalue weighted by Crippen LogP contribution is -2.41. The van der Waals surface area contributed by atoms with Gasteiger partial charge in [0.05, 0.1) is 32.2 Å². The molecule has 0 fully saturated rings. The van der Waals surface area contributed by atoms with Gasteiger partial charge in [-0.05, 0) is 42.2 Å². The van der Waals surface area contributed by atoms with E-state index in [1.807, 2.05) is 38.1 Å². The third-order valence-corrected chi connectivity index (χ3v) is 6.01. The molecular weight excluding hydrogens is 404 g/mol. The van der Waals surface area contributed by atoms with Crippen LogP contribution in [0.15, 0.2) is 42.5 Å². The van der Waals surface area contributed by atoms with Crippen LogP contribution in [0.3, 0.4) is 0 Å². The summed E-state index contributed by atoms with van der Waals surface area (Å²) in [5.41, 5.74) is 2.24. The van der Waals surface area contributed by atoms with Crippen LogP contribution in [0.2, 0.25) is 0 Å². The highest BCUT2D eigenvalue weighted by molar-refractivity contribution is 7.92. The van der Waals surface area contributed by atoms with Crippen molar-refractivity contribution in [2.45, 2.75) is 32.7 Å². The second-order valence-corrected chi connectivity index (χ2v) is 8.80. The Labute approximate surface area is 179 Å². The molecule has 0 heterocycles. The number of ether oxygens (including phenoxy) is 2. The van der Waals surface area contributed by atoms with Gasteiger partial charge in [0.2, 0.25) is 15.9 Å². The molecule has 2 rings (SSSR count). The zero-order valence-electron chi connectivity index (χ0n) is 18.1. The number of aryl methyl sites for hydroxylation is 1. The van der Waals surface area contributed by atoms with Crippen molar-refractivity contribution in [2.75, 3.05) is 31.3 Å². The average Bonchev–Trinajstić information content (AvgIpc) is 2.74. The fraction of sp³-hybridized carbons (Fsp3) is 0.409. The van der Waals surface area contributed by atoms with Gasteiger partial charge in [0.15, 0.2) is 11.5 Å². The smallest absolute Gasteiger partial charge is 0.241 e. The highest BCUT2D eigenvalue weighted by atomic mass is 32.2. The number of nitrogens with one attached hydrogen (secondary N) is 1. The lowest BCUT2D eigenvalue weighted by Gasteiger charge is -2.26. The minimum atomic E-state index is -3.64. The van der Waals surface area contributed by atoms with E-state index in [2.05, 4.69) is 5.32 Å². The van der Waals surface area contributed by atoms with Crippen LogP contribution >= 0.6 is 0 Å². The first-order chi connectivity index (χ1) is 14.2. The zero-order chi connectivity index (χ0) is 22.3. The molecule has 0 saturated carbocycles. The monoisotopic (exact) mass is 434 g/mol. The van der Waals surface area contributed by atoms with Gasteiger partial charge in [0.1, 0.15) is 6.54 Å². The molecule has 0 unspecified atom stereocenters. The van der Waals surface area contributed by atoms with Crippen molar-refractivity contribution in [3.8, 4) is 11.5 Å². The van der Waals surface area contributed by atoms with Crippen LogP contribution in [0.5, 0.6) is 11.5 Å². The van der Waals surface area contributed by atoms with E-state index in [0.29, 0.717) is 30.0 Å². The van der Waals surface area contributed by atoms with Gasteiger partial charge >= 0.3 is 0 Å². The van der Waals surface area contributed by atoms with E-state index in [0.717, 1.165) is 21.7 Å². The summed E-state index contributed by atoms with van der Waals surface area (Å²) in [7, 11) is -0.525. The second-order valence-electron chi connectivity index (χ2n) is 6.89. The van der Waals surface area contributed by atoms with Crippen LogP contribution in [0.1, 0.15) is 37.4 Å². The normalized spacial score (nSPS) is 12.2. The van der Waals surface area contributed by atoms with Crippen molar-refractivity contribution in [1.82, 2.24) is 5.32 Å². The summed E-state index contributed by atoms with van der Waals surface area (Å²) in [4.78, 5) is 12.8. The molecule has 0 aliphatic heterocycles. The summed E-state index contributed by atoms with van der Waals surface area (Å²) in [5.74, 6) is 0.784.